The molecule has 1 saturated heterocycles. The number of carbonyl (C=O) groups excluding carboxylic acids is 2. The molecule has 4 nitrogen and oxygen atoms in total. The second-order valence-electron chi connectivity index (χ2n) is 8.43. The number of anilines is 1. The Morgan fingerprint density at radius 3 is 2.36 bits per heavy atom. The minimum atomic E-state index is -0.306. The molecule has 2 amide bonds. The van der Waals surface area contributed by atoms with E-state index in [0.717, 1.165) is 17.7 Å². The molecule has 1 aliphatic heterocycles. The van der Waals surface area contributed by atoms with Crippen molar-refractivity contribution in [2.75, 3.05) is 18.4 Å². The molecule has 0 spiro atoms. The zero-order valence-electron chi connectivity index (χ0n) is 16.7. The lowest BCUT2D eigenvalue weighted by Crippen LogP contribution is -2.30. The van der Waals surface area contributed by atoms with Crippen molar-refractivity contribution in [3.8, 4) is 0 Å². The maximum absolute atomic E-state index is 12.6. The highest BCUT2D eigenvalue weighted by Crippen LogP contribution is 2.25. The van der Waals surface area contributed by atoms with E-state index in [1.165, 1.54) is 5.56 Å². The number of nitrogens with one attached hydrogen (secondary N) is 1. The first kappa shape index (κ1) is 20.4. The average Bonchev–Trinajstić information content (AvgIpc) is 3.02. The van der Waals surface area contributed by atoms with Crippen molar-refractivity contribution in [3.63, 3.8) is 0 Å². The fourth-order valence-corrected chi connectivity index (χ4v) is 3.50. The molecule has 1 atom stereocenters. The Balaban J connectivity index is 1.53. The molecule has 1 heterocycles. The van der Waals surface area contributed by atoms with Crippen LogP contribution in [0.3, 0.4) is 0 Å². The maximum atomic E-state index is 12.6. The summed E-state index contributed by atoms with van der Waals surface area (Å²) in [5, 5.41) is 3.65. The minimum absolute atomic E-state index is 0.0391. The zero-order chi connectivity index (χ0) is 20.3. The molecule has 1 aliphatic rings. The quantitative estimate of drug-likeness (QED) is 0.795. The summed E-state index contributed by atoms with van der Waals surface area (Å²) in [7, 11) is 0. The Morgan fingerprint density at radius 2 is 1.75 bits per heavy atom. The Morgan fingerprint density at radius 1 is 1.11 bits per heavy atom. The fourth-order valence-electron chi connectivity index (χ4n) is 3.38. The largest absolute Gasteiger partial charge is 0.342 e. The number of halogens is 1. The number of rotatable bonds is 5. The van der Waals surface area contributed by atoms with Gasteiger partial charge in [-0.3, -0.25) is 9.59 Å². The van der Waals surface area contributed by atoms with Gasteiger partial charge in [-0.1, -0.05) is 56.6 Å². The van der Waals surface area contributed by atoms with Gasteiger partial charge in [0.15, 0.2) is 0 Å². The highest BCUT2D eigenvalue weighted by atomic mass is 35.5. The second kappa shape index (κ2) is 8.36. The molecular weight excluding hydrogens is 372 g/mol. The number of hydrogen-bond acceptors (Lipinski definition) is 2. The van der Waals surface area contributed by atoms with Gasteiger partial charge >= 0.3 is 0 Å². The first-order valence-electron chi connectivity index (χ1n) is 9.66. The topological polar surface area (TPSA) is 49.4 Å². The zero-order valence-corrected chi connectivity index (χ0v) is 17.4. The summed E-state index contributed by atoms with van der Waals surface area (Å²) in [4.78, 5) is 26.7. The van der Waals surface area contributed by atoms with E-state index in [4.69, 9.17) is 11.6 Å². The SMILES string of the molecule is CC(C)(C)c1ccc(NC(=O)C2CC(=O)N(CCc3ccc(Cl)cc3)C2)cc1. The monoisotopic (exact) mass is 398 g/mol. The van der Waals surface area contributed by atoms with Crippen LogP contribution in [-0.2, 0) is 21.4 Å². The van der Waals surface area contributed by atoms with Crippen LogP contribution in [0.25, 0.3) is 0 Å². The Kier molecular flexibility index (Phi) is 6.09. The van der Waals surface area contributed by atoms with Crippen molar-refractivity contribution in [3.05, 3.63) is 64.7 Å². The van der Waals surface area contributed by atoms with Gasteiger partial charge in [0.05, 0.1) is 5.92 Å². The Labute approximate surface area is 171 Å². The van der Waals surface area contributed by atoms with Gasteiger partial charge in [0, 0.05) is 30.2 Å². The molecule has 0 aliphatic carbocycles. The van der Waals surface area contributed by atoms with E-state index < -0.39 is 0 Å². The fraction of sp³-hybridized carbons (Fsp3) is 0.391. The molecule has 3 rings (SSSR count). The predicted molar refractivity (Wildman–Crippen MR) is 114 cm³/mol. The van der Waals surface area contributed by atoms with Crippen LogP contribution in [0.1, 0.15) is 38.3 Å². The predicted octanol–water partition coefficient (Wildman–Crippen LogP) is 4.67. The number of hydrogen-bond donors (Lipinski definition) is 1. The smallest absolute Gasteiger partial charge is 0.229 e. The minimum Gasteiger partial charge on any atom is -0.342 e. The molecule has 2 aromatic rings. The summed E-state index contributed by atoms with van der Waals surface area (Å²) < 4.78 is 0. The summed E-state index contributed by atoms with van der Waals surface area (Å²) in [5.41, 5.74) is 3.19. The third-order valence-corrected chi connectivity index (χ3v) is 5.44. The maximum Gasteiger partial charge on any atom is 0.229 e. The van der Waals surface area contributed by atoms with Crippen molar-refractivity contribution >= 4 is 29.1 Å². The van der Waals surface area contributed by atoms with E-state index in [9.17, 15) is 9.59 Å². The summed E-state index contributed by atoms with van der Waals surface area (Å²) in [6.07, 6.45) is 1.03. The molecule has 5 heteroatoms. The highest BCUT2D eigenvalue weighted by Gasteiger charge is 2.34. The van der Waals surface area contributed by atoms with Crippen LogP contribution in [0.2, 0.25) is 5.02 Å². The van der Waals surface area contributed by atoms with E-state index in [0.29, 0.717) is 18.1 Å². The van der Waals surface area contributed by atoms with Crippen LogP contribution in [0.5, 0.6) is 0 Å². The van der Waals surface area contributed by atoms with Crippen molar-refractivity contribution < 1.29 is 9.59 Å². The molecule has 28 heavy (non-hydrogen) atoms. The third kappa shape index (κ3) is 5.14. The van der Waals surface area contributed by atoms with Gasteiger partial charge < -0.3 is 10.2 Å². The average molecular weight is 399 g/mol. The van der Waals surface area contributed by atoms with Gasteiger partial charge in [0.25, 0.3) is 0 Å². The summed E-state index contributed by atoms with van der Waals surface area (Å²) in [6, 6.07) is 15.6. The Hall–Kier alpha value is -2.33. The van der Waals surface area contributed by atoms with Gasteiger partial charge in [0.1, 0.15) is 0 Å². The Bertz CT molecular complexity index is 838. The second-order valence-corrected chi connectivity index (χ2v) is 8.87. The normalized spacial score (nSPS) is 17.1. The number of amides is 2. The van der Waals surface area contributed by atoms with Gasteiger partial charge in [-0.25, -0.2) is 0 Å². The van der Waals surface area contributed by atoms with Crippen LogP contribution in [0, 0.1) is 5.92 Å². The first-order chi connectivity index (χ1) is 13.2. The van der Waals surface area contributed by atoms with E-state index >= 15 is 0 Å². The van der Waals surface area contributed by atoms with Crippen LogP contribution in [-0.4, -0.2) is 29.8 Å². The molecule has 2 aromatic carbocycles. The number of likely N-dealkylation sites (tertiary alicyclic amines) is 1. The third-order valence-electron chi connectivity index (χ3n) is 5.19. The summed E-state index contributed by atoms with van der Waals surface area (Å²) in [5.74, 6) is -0.358. The number of nitrogens with zero attached hydrogens (tertiary/aromatic N) is 1. The summed E-state index contributed by atoms with van der Waals surface area (Å²) in [6.45, 7) is 7.55. The van der Waals surface area contributed by atoms with Crippen LogP contribution < -0.4 is 5.32 Å². The lowest BCUT2D eigenvalue weighted by molar-refractivity contribution is -0.128. The van der Waals surface area contributed by atoms with Crippen LogP contribution in [0.4, 0.5) is 5.69 Å². The highest BCUT2D eigenvalue weighted by molar-refractivity contribution is 6.30. The van der Waals surface area contributed by atoms with Gasteiger partial charge in [-0.15, -0.1) is 0 Å². The van der Waals surface area contributed by atoms with Crippen molar-refractivity contribution in [2.45, 2.75) is 39.0 Å². The molecule has 0 saturated carbocycles. The summed E-state index contributed by atoms with van der Waals surface area (Å²) >= 11 is 5.90. The van der Waals surface area contributed by atoms with Crippen molar-refractivity contribution in [1.82, 2.24) is 4.90 Å². The van der Waals surface area contributed by atoms with Crippen molar-refractivity contribution in [2.24, 2.45) is 5.92 Å². The lowest BCUT2D eigenvalue weighted by Gasteiger charge is -2.19. The molecule has 148 valence electrons. The molecule has 0 bridgehead atoms. The molecule has 1 unspecified atom stereocenters. The van der Waals surface area contributed by atoms with Gasteiger partial charge in [-0.05, 0) is 47.2 Å². The number of benzene rings is 2. The van der Waals surface area contributed by atoms with E-state index in [2.05, 4.69) is 26.1 Å². The van der Waals surface area contributed by atoms with E-state index in [1.54, 1.807) is 4.90 Å². The van der Waals surface area contributed by atoms with Gasteiger partial charge in [0.2, 0.25) is 11.8 Å². The molecular formula is C23H27ClN2O2. The van der Waals surface area contributed by atoms with Crippen LogP contribution >= 0.6 is 11.6 Å². The van der Waals surface area contributed by atoms with Crippen LogP contribution in [0.15, 0.2) is 48.5 Å². The standard InChI is InChI=1S/C23H27ClN2O2/c1-23(2,3)18-6-10-20(11-7-18)25-22(28)17-14-21(27)26(15-17)13-12-16-4-8-19(24)9-5-16/h4-11,17H,12-15H2,1-3H3,(H,25,28). The van der Waals surface area contributed by atoms with E-state index in [-0.39, 0.29) is 29.6 Å². The molecule has 1 fully saturated rings. The molecule has 1 N–H and O–H groups in total. The van der Waals surface area contributed by atoms with Crippen molar-refractivity contribution in [1.29, 1.82) is 0 Å². The molecule has 0 radical (unpaired) electrons. The first-order valence-corrected chi connectivity index (χ1v) is 10.0. The number of carbonyl (C=O) groups is 2. The molecule has 0 aromatic heterocycles. The van der Waals surface area contributed by atoms with Gasteiger partial charge in [-0.2, -0.15) is 0 Å². The van der Waals surface area contributed by atoms with E-state index in [1.807, 2.05) is 48.5 Å². The lowest BCUT2D eigenvalue weighted by atomic mass is 9.87.